The van der Waals surface area contributed by atoms with Crippen LogP contribution in [0.1, 0.15) is 23.7 Å². The Hall–Kier alpha value is -0.543. The standard InChI is InChI=1S/C10H14OSSi/c1-2-7-12-10(11)8-5-3-4-6-9(8)13/h3-6H,2,7H2,1,13H3. The van der Waals surface area contributed by atoms with E-state index in [-0.39, 0.29) is 5.12 Å². The van der Waals surface area contributed by atoms with Gasteiger partial charge in [-0.25, -0.2) is 0 Å². The van der Waals surface area contributed by atoms with Gasteiger partial charge in [-0.05, 0) is 6.42 Å². The summed E-state index contributed by atoms with van der Waals surface area (Å²) >= 11 is 1.43. The summed E-state index contributed by atoms with van der Waals surface area (Å²) in [7, 11) is 0.948. The summed E-state index contributed by atoms with van der Waals surface area (Å²) in [6, 6.07) is 7.88. The predicted octanol–water partition coefficient (Wildman–Crippen LogP) is 0.961. The molecular formula is C10H14OSSi. The fraction of sp³-hybridized carbons (Fsp3) is 0.300. The molecule has 1 aromatic carbocycles. The van der Waals surface area contributed by atoms with Crippen molar-refractivity contribution in [3.63, 3.8) is 0 Å². The van der Waals surface area contributed by atoms with Gasteiger partial charge >= 0.3 is 0 Å². The molecule has 0 unspecified atom stereocenters. The van der Waals surface area contributed by atoms with Crippen LogP contribution in [0.25, 0.3) is 0 Å². The van der Waals surface area contributed by atoms with Gasteiger partial charge in [-0.1, -0.05) is 48.1 Å². The van der Waals surface area contributed by atoms with Crippen molar-refractivity contribution >= 4 is 32.3 Å². The highest BCUT2D eigenvalue weighted by Gasteiger charge is 2.07. The zero-order chi connectivity index (χ0) is 9.68. The Morgan fingerprint density at radius 2 is 2.15 bits per heavy atom. The predicted molar refractivity (Wildman–Crippen MR) is 63.1 cm³/mol. The number of carbonyl (C=O) groups excluding carboxylic acids is 1. The van der Waals surface area contributed by atoms with E-state index in [4.69, 9.17) is 0 Å². The Morgan fingerprint density at radius 1 is 1.46 bits per heavy atom. The fourth-order valence-electron chi connectivity index (χ4n) is 1.07. The first-order chi connectivity index (χ1) is 6.25. The lowest BCUT2D eigenvalue weighted by Gasteiger charge is -2.02. The van der Waals surface area contributed by atoms with E-state index in [2.05, 4.69) is 6.92 Å². The van der Waals surface area contributed by atoms with Crippen LogP contribution in [0.3, 0.4) is 0 Å². The van der Waals surface area contributed by atoms with Gasteiger partial charge in [-0.3, -0.25) is 4.79 Å². The molecular weight excluding hydrogens is 196 g/mol. The average Bonchev–Trinajstić information content (AvgIpc) is 2.15. The lowest BCUT2D eigenvalue weighted by Crippen LogP contribution is -2.13. The van der Waals surface area contributed by atoms with Crippen molar-refractivity contribution in [3.05, 3.63) is 29.8 Å². The minimum atomic E-state index is 0.229. The molecule has 0 atom stereocenters. The van der Waals surface area contributed by atoms with Gasteiger partial charge in [0.15, 0.2) is 0 Å². The first kappa shape index (κ1) is 10.5. The maximum absolute atomic E-state index is 11.6. The second-order valence-electron chi connectivity index (χ2n) is 2.95. The highest BCUT2D eigenvalue weighted by Crippen LogP contribution is 2.10. The van der Waals surface area contributed by atoms with Gasteiger partial charge in [0.05, 0.1) is 0 Å². The molecule has 1 rings (SSSR count). The quantitative estimate of drug-likeness (QED) is 0.691. The topological polar surface area (TPSA) is 17.1 Å². The van der Waals surface area contributed by atoms with E-state index in [1.807, 2.05) is 24.3 Å². The van der Waals surface area contributed by atoms with Crippen molar-refractivity contribution in [1.82, 2.24) is 0 Å². The third-order valence-corrected chi connectivity index (χ3v) is 3.77. The fourth-order valence-corrected chi connectivity index (χ4v) is 2.62. The summed E-state index contributed by atoms with van der Waals surface area (Å²) in [4.78, 5) is 11.6. The Kier molecular flexibility index (Phi) is 4.25. The summed E-state index contributed by atoms with van der Waals surface area (Å²) in [6.07, 6.45) is 1.06. The molecule has 0 spiro atoms. The minimum absolute atomic E-state index is 0.229. The summed E-state index contributed by atoms with van der Waals surface area (Å²) in [5, 5.41) is 1.43. The average molecular weight is 210 g/mol. The van der Waals surface area contributed by atoms with E-state index in [1.54, 1.807) is 0 Å². The zero-order valence-corrected chi connectivity index (χ0v) is 10.9. The molecule has 0 amide bonds. The molecule has 0 aliphatic carbocycles. The molecule has 0 saturated heterocycles. The summed E-state index contributed by atoms with van der Waals surface area (Å²) < 4.78 is 0. The van der Waals surface area contributed by atoms with E-state index in [0.29, 0.717) is 0 Å². The smallest absolute Gasteiger partial charge is 0.219 e. The largest absolute Gasteiger partial charge is 0.282 e. The van der Waals surface area contributed by atoms with Crippen LogP contribution in [0.5, 0.6) is 0 Å². The summed E-state index contributed by atoms with van der Waals surface area (Å²) in [5.41, 5.74) is 0.910. The maximum atomic E-state index is 11.6. The Bertz CT molecular complexity index is 299. The van der Waals surface area contributed by atoms with Crippen LogP contribution in [0.4, 0.5) is 0 Å². The molecule has 13 heavy (non-hydrogen) atoms. The van der Waals surface area contributed by atoms with Gasteiger partial charge in [0.2, 0.25) is 5.12 Å². The maximum Gasteiger partial charge on any atom is 0.219 e. The van der Waals surface area contributed by atoms with E-state index in [1.165, 1.54) is 16.9 Å². The van der Waals surface area contributed by atoms with E-state index >= 15 is 0 Å². The van der Waals surface area contributed by atoms with Gasteiger partial charge in [0, 0.05) is 21.6 Å². The van der Waals surface area contributed by atoms with Crippen LogP contribution >= 0.6 is 11.8 Å². The molecule has 0 aromatic heterocycles. The van der Waals surface area contributed by atoms with E-state index < -0.39 is 0 Å². The van der Waals surface area contributed by atoms with Gasteiger partial charge in [0.1, 0.15) is 0 Å². The van der Waals surface area contributed by atoms with Crippen LogP contribution in [0.15, 0.2) is 24.3 Å². The zero-order valence-electron chi connectivity index (χ0n) is 8.04. The van der Waals surface area contributed by atoms with Crippen LogP contribution in [0, 0.1) is 0 Å². The van der Waals surface area contributed by atoms with Crippen molar-refractivity contribution in [2.24, 2.45) is 0 Å². The van der Waals surface area contributed by atoms with Gasteiger partial charge in [0.25, 0.3) is 0 Å². The van der Waals surface area contributed by atoms with Crippen molar-refractivity contribution in [2.45, 2.75) is 13.3 Å². The van der Waals surface area contributed by atoms with Crippen LogP contribution < -0.4 is 5.19 Å². The Labute approximate surface area is 86.3 Å². The second kappa shape index (κ2) is 5.24. The van der Waals surface area contributed by atoms with Gasteiger partial charge < -0.3 is 0 Å². The van der Waals surface area contributed by atoms with Crippen molar-refractivity contribution in [2.75, 3.05) is 5.75 Å². The third kappa shape index (κ3) is 3.01. The number of rotatable bonds is 3. The molecule has 0 fully saturated rings. The molecule has 0 heterocycles. The molecule has 1 aromatic rings. The molecule has 0 aliphatic rings. The van der Waals surface area contributed by atoms with Crippen molar-refractivity contribution < 1.29 is 4.79 Å². The normalized spacial score (nSPS) is 10.2. The summed E-state index contributed by atoms with van der Waals surface area (Å²) in [6.45, 7) is 2.09. The van der Waals surface area contributed by atoms with Crippen LogP contribution in [-0.4, -0.2) is 21.1 Å². The van der Waals surface area contributed by atoms with Gasteiger partial charge in [-0.2, -0.15) is 0 Å². The Morgan fingerprint density at radius 3 is 2.77 bits per heavy atom. The minimum Gasteiger partial charge on any atom is -0.282 e. The molecule has 0 aliphatic heterocycles. The molecule has 1 nitrogen and oxygen atoms in total. The molecule has 0 radical (unpaired) electrons. The van der Waals surface area contributed by atoms with Gasteiger partial charge in [-0.15, -0.1) is 0 Å². The lowest BCUT2D eigenvalue weighted by molar-refractivity contribution is 0.109. The molecule has 0 bridgehead atoms. The number of hydrogen-bond acceptors (Lipinski definition) is 2. The molecule has 70 valence electrons. The molecule has 0 saturated carbocycles. The summed E-state index contributed by atoms with van der Waals surface area (Å²) in [5.74, 6) is 0.925. The second-order valence-corrected chi connectivity index (χ2v) is 5.10. The van der Waals surface area contributed by atoms with Crippen LogP contribution in [-0.2, 0) is 0 Å². The first-order valence-electron chi connectivity index (χ1n) is 4.48. The van der Waals surface area contributed by atoms with E-state index in [0.717, 1.165) is 28.0 Å². The highest BCUT2D eigenvalue weighted by atomic mass is 32.2. The first-order valence-corrected chi connectivity index (χ1v) is 6.47. The molecule has 3 heteroatoms. The Balaban J connectivity index is 2.71. The van der Waals surface area contributed by atoms with Crippen molar-refractivity contribution in [3.8, 4) is 0 Å². The number of hydrogen-bond donors (Lipinski definition) is 0. The monoisotopic (exact) mass is 210 g/mol. The van der Waals surface area contributed by atoms with E-state index in [9.17, 15) is 4.79 Å². The lowest BCUT2D eigenvalue weighted by atomic mass is 10.2. The van der Waals surface area contributed by atoms with Crippen LogP contribution in [0.2, 0.25) is 0 Å². The number of benzene rings is 1. The SMILES string of the molecule is CCCSC(=O)c1ccccc1[SiH3]. The number of thioether (sulfide) groups is 1. The van der Waals surface area contributed by atoms with Crippen molar-refractivity contribution in [1.29, 1.82) is 0 Å². The third-order valence-electron chi connectivity index (χ3n) is 1.80. The highest BCUT2D eigenvalue weighted by molar-refractivity contribution is 8.14. The molecule has 0 N–H and O–H groups in total. The number of carbonyl (C=O) groups is 1.